The van der Waals surface area contributed by atoms with Gasteiger partial charge in [0.25, 0.3) is 5.91 Å². The Labute approximate surface area is 182 Å². The topological polar surface area (TPSA) is 85.6 Å². The third-order valence-electron chi connectivity index (χ3n) is 5.91. The molecule has 7 heteroatoms. The number of aliphatic hydroxyl groups excluding tert-OH is 1. The number of fused-ring (bicyclic) bond motifs is 1. The van der Waals surface area contributed by atoms with E-state index in [1.54, 1.807) is 14.2 Å². The standard InChI is InChI=1S/C24H29N3O4/c1-30-22-13-8-16(14-23(22)31-2)21-7-5-3-4-6-18-15-20(26-27(18)21)24(29)25-17-9-11-19(28)12-10-17/h3,5,7-8,13-15,17,19,28H,4,6,9-12H2,1-2H3,(H,25,29)/b5-3-,21-7-/t17-,19+. The summed E-state index contributed by atoms with van der Waals surface area (Å²) in [5, 5.41) is 17.4. The second kappa shape index (κ2) is 9.39. The van der Waals surface area contributed by atoms with Crippen LogP contribution in [-0.2, 0) is 6.42 Å². The first-order valence-electron chi connectivity index (χ1n) is 10.8. The lowest BCUT2D eigenvalue weighted by Gasteiger charge is -2.25. The number of methoxy groups -OCH3 is 2. The van der Waals surface area contributed by atoms with Gasteiger partial charge in [0, 0.05) is 17.3 Å². The van der Waals surface area contributed by atoms with Crippen molar-refractivity contribution in [3.05, 3.63) is 59.4 Å². The Morgan fingerprint density at radius 1 is 1.13 bits per heavy atom. The molecule has 2 heterocycles. The van der Waals surface area contributed by atoms with E-state index in [2.05, 4.69) is 16.5 Å². The average Bonchev–Trinajstić information content (AvgIpc) is 3.18. The lowest BCUT2D eigenvalue weighted by atomic mass is 9.93. The number of carbonyl (C=O) groups excluding carboxylic acids is 1. The molecule has 0 spiro atoms. The number of hydrogen-bond acceptors (Lipinski definition) is 5. The summed E-state index contributed by atoms with van der Waals surface area (Å²) in [4.78, 5) is 12.9. The lowest BCUT2D eigenvalue weighted by Crippen LogP contribution is -2.38. The van der Waals surface area contributed by atoms with E-state index in [1.807, 2.05) is 41.1 Å². The van der Waals surface area contributed by atoms with E-state index in [0.29, 0.717) is 17.2 Å². The van der Waals surface area contributed by atoms with Crippen molar-refractivity contribution in [3.63, 3.8) is 0 Å². The zero-order chi connectivity index (χ0) is 21.8. The Hall–Kier alpha value is -3.06. The Kier molecular flexibility index (Phi) is 6.42. The predicted molar refractivity (Wildman–Crippen MR) is 118 cm³/mol. The highest BCUT2D eigenvalue weighted by molar-refractivity contribution is 5.93. The zero-order valence-electron chi connectivity index (χ0n) is 18.0. The molecule has 2 aromatic rings. The lowest BCUT2D eigenvalue weighted by molar-refractivity contribution is 0.0863. The Morgan fingerprint density at radius 2 is 1.90 bits per heavy atom. The van der Waals surface area contributed by atoms with Crippen molar-refractivity contribution in [2.75, 3.05) is 14.2 Å². The van der Waals surface area contributed by atoms with Gasteiger partial charge in [-0.15, -0.1) is 0 Å². The molecule has 0 bridgehead atoms. The van der Waals surface area contributed by atoms with E-state index >= 15 is 0 Å². The van der Waals surface area contributed by atoms with E-state index in [4.69, 9.17) is 9.47 Å². The summed E-state index contributed by atoms with van der Waals surface area (Å²) in [6.45, 7) is 0. The maximum Gasteiger partial charge on any atom is 0.272 e. The number of amides is 1. The average molecular weight is 424 g/mol. The molecule has 1 amide bonds. The Balaban J connectivity index is 1.63. The minimum Gasteiger partial charge on any atom is -0.493 e. The molecule has 0 unspecified atom stereocenters. The fourth-order valence-corrected chi connectivity index (χ4v) is 4.17. The van der Waals surface area contributed by atoms with E-state index in [-0.39, 0.29) is 18.1 Å². The third-order valence-corrected chi connectivity index (χ3v) is 5.91. The molecule has 31 heavy (non-hydrogen) atoms. The van der Waals surface area contributed by atoms with Gasteiger partial charge >= 0.3 is 0 Å². The van der Waals surface area contributed by atoms with Gasteiger partial charge in [-0.25, -0.2) is 4.68 Å². The van der Waals surface area contributed by atoms with Gasteiger partial charge in [-0.3, -0.25) is 4.79 Å². The number of aliphatic hydroxyl groups is 1. The number of aromatic nitrogens is 2. The summed E-state index contributed by atoms with van der Waals surface area (Å²) in [6.07, 6.45) is 10.6. The van der Waals surface area contributed by atoms with Gasteiger partial charge in [0.1, 0.15) is 0 Å². The SMILES string of the molecule is COc1ccc(/C2=C/C=C\CCc3cc(C(=O)N[C@H]4CC[C@@H](O)CC4)nn32)cc1OC. The summed E-state index contributed by atoms with van der Waals surface area (Å²) < 4.78 is 12.7. The van der Waals surface area contributed by atoms with Crippen molar-refractivity contribution < 1.29 is 19.4 Å². The second-order valence-electron chi connectivity index (χ2n) is 8.00. The third kappa shape index (κ3) is 4.66. The Morgan fingerprint density at radius 3 is 2.65 bits per heavy atom. The predicted octanol–water partition coefficient (Wildman–Crippen LogP) is 3.33. The maximum absolute atomic E-state index is 12.9. The van der Waals surface area contributed by atoms with Gasteiger partial charge in [0.2, 0.25) is 0 Å². The molecule has 1 aromatic heterocycles. The highest BCUT2D eigenvalue weighted by Gasteiger charge is 2.24. The highest BCUT2D eigenvalue weighted by atomic mass is 16.5. The molecule has 1 saturated carbocycles. The minimum absolute atomic E-state index is 0.0858. The molecule has 1 aromatic carbocycles. The van der Waals surface area contributed by atoms with Crippen molar-refractivity contribution in [1.29, 1.82) is 0 Å². The van der Waals surface area contributed by atoms with E-state index in [0.717, 1.165) is 55.5 Å². The molecule has 0 atom stereocenters. The fraction of sp³-hybridized carbons (Fsp3) is 0.417. The molecule has 1 aliphatic carbocycles. The second-order valence-corrected chi connectivity index (χ2v) is 8.00. The highest BCUT2D eigenvalue weighted by Crippen LogP contribution is 2.32. The molecule has 2 aliphatic rings. The van der Waals surface area contributed by atoms with Crippen molar-refractivity contribution >= 4 is 11.6 Å². The first-order chi connectivity index (χ1) is 15.1. The van der Waals surface area contributed by atoms with Gasteiger partial charge in [0.05, 0.1) is 26.0 Å². The zero-order valence-corrected chi connectivity index (χ0v) is 18.0. The molecule has 0 saturated heterocycles. The van der Waals surface area contributed by atoms with Crippen LogP contribution >= 0.6 is 0 Å². The van der Waals surface area contributed by atoms with Gasteiger partial charge in [0.15, 0.2) is 17.2 Å². The largest absolute Gasteiger partial charge is 0.493 e. The normalized spacial score (nSPS) is 23.5. The van der Waals surface area contributed by atoms with Crippen molar-refractivity contribution in [3.8, 4) is 11.5 Å². The van der Waals surface area contributed by atoms with Gasteiger partial charge in [-0.05, 0) is 68.9 Å². The van der Waals surface area contributed by atoms with Crippen LogP contribution in [0.1, 0.15) is 53.8 Å². The summed E-state index contributed by atoms with van der Waals surface area (Å²) in [6, 6.07) is 7.70. The van der Waals surface area contributed by atoms with Crippen LogP contribution in [0.5, 0.6) is 11.5 Å². The van der Waals surface area contributed by atoms with E-state index in [9.17, 15) is 9.90 Å². The van der Waals surface area contributed by atoms with Crippen LogP contribution in [-0.4, -0.2) is 47.2 Å². The van der Waals surface area contributed by atoms with Crippen LogP contribution in [0.4, 0.5) is 0 Å². The quantitative estimate of drug-likeness (QED) is 0.771. The number of nitrogens with zero attached hydrogens (tertiary/aromatic N) is 2. The number of benzene rings is 1. The number of hydrogen-bond donors (Lipinski definition) is 2. The van der Waals surface area contributed by atoms with E-state index < -0.39 is 0 Å². The molecule has 4 rings (SSSR count). The van der Waals surface area contributed by atoms with Crippen molar-refractivity contribution in [1.82, 2.24) is 15.1 Å². The van der Waals surface area contributed by atoms with Gasteiger partial charge in [-0.1, -0.05) is 12.2 Å². The van der Waals surface area contributed by atoms with Gasteiger partial charge in [-0.2, -0.15) is 5.10 Å². The maximum atomic E-state index is 12.9. The number of allylic oxidation sites excluding steroid dienone is 3. The Bertz CT molecular complexity index is 1000. The first kappa shape index (κ1) is 21.2. The molecule has 1 fully saturated rings. The smallest absolute Gasteiger partial charge is 0.272 e. The first-order valence-corrected chi connectivity index (χ1v) is 10.8. The molecule has 1 aliphatic heterocycles. The number of rotatable bonds is 5. The fourth-order valence-electron chi connectivity index (χ4n) is 4.17. The summed E-state index contributed by atoms with van der Waals surface area (Å²) >= 11 is 0. The van der Waals surface area contributed by atoms with Crippen LogP contribution in [0.15, 0.2) is 42.5 Å². The summed E-state index contributed by atoms with van der Waals surface area (Å²) in [7, 11) is 3.22. The molecule has 2 N–H and O–H groups in total. The van der Waals surface area contributed by atoms with Crippen molar-refractivity contribution in [2.24, 2.45) is 0 Å². The number of carbonyl (C=O) groups is 1. The molecular formula is C24H29N3O4. The van der Waals surface area contributed by atoms with Gasteiger partial charge < -0.3 is 19.9 Å². The molecule has 7 nitrogen and oxygen atoms in total. The monoisotopic (exact) mass is 423 g/mol. The van der Waals surface area contributed by atoms with Crippen LogP contribution < -0.4 is 14.8 Å². The van der Waals surface area contributed by atoms with Crippen LogP contribution in [0, 0.1) is 0 Å². The molecular weight excluding hydrogens is 394 g/mol. The summed E-state index contributed by atoms with van der Waals surface area (Å²) in [5.41, 5.74) is 3.18. The number of nitrogens with one attached hydrogen (secondary N) is 1. The van der Waals surface area contributed by atoms with Crippen LogP contribution in [0.3, 0.4) is 0 Å². The van der Waals surface area contributed by atoms with E-state index in [1.165, 1.54) is 0 Å². The number of ether oxygens (including phenoxy) is 2. The number of aryl methyl sites for hydroxylation is 1. The van der Waals surface area contributed by atoms with Crippen LogP contribution in [0.25, 0.3) is 5.70 Å². The molecule has 164 valence electrons. The minimum atomic E-state index is -0.248. The van der Waals surface area contributed by atoms with Crippen LogP contribution in [0.2, 0.25) is 0 Å². The molecule has 0 radical (unpaired) electrons. The van der Waals surface area contributed by atoms with Crippen molar-refractivity contribution in [2.45, 2.75) is 50.7 Å². The summed E-state index contributed by atoms with van der Waals surface area (Å²) in [5.74, 6) is 1.13.